The molecule has 1 aromatic heterocycles. The van der Waals surface area contributed by atoms with Crippen molar-refractivity contribution in [3.8, 4) is 0 Å². The van der Waals surface area contributed by atoms with Crippen LogP contribution in [0.25, 0.3) is 0 Å². The van der Waals surface area contributed by atoms with Crippen molar-refractivity contribution in [1.29, 1.82) is 0 Å². The maximum Gasteiger partial charge on any atom is 0.353 e. The smallest absolute Gasteiger partial charge is 0.353 e. The molecule has 1 N–H and O–H groups in total. The average Bonchev–Trinajstić information content (AvgIpc) is 2.63. The molecule has 7 nitrogen and oxygen atoms in total. The zero-order valence-electron chi connectivity index (χ0n) is 14.9. The minimum absolute atomic E-state index is 0.00896. The van der Waals surface area contributed by atoms with Gasteiger partial charge in [-0.2, -0.15) is 0 Å². The van der Waals surface area contributed by atoms with Crippen molar-refractivity contribution < 1.29 is 4.92 Å². The van der Waals surface area contributed by atoms with Gasteiger partial charge in [0.1, 0.15) is 6.33 Å². The van der Waals surface area contributed by atoms with E-state index in [-0.39, 0.29) is 10.6 Å². The molecular formula is C18H27N5O2. The Kier molecular flexibility index (Phi) is 5.83. The van der Waals surface area contributed by atoms with Gasteiger partial charge in [-0.05, 0) is 50.9 Å². The van der Waals surface area contributed by atoms with Gasteiger partial charge < -0.3 is 10.2 Å². The molecule has 1 aliphatic carbocycles. The molecule has 0 amide bonds. The number of nitrogens with one attached hydrogen (secondary N) is 1. The van der Waals surface area contributed by atoms with Crippen molar-refractivity contribution in [3.05, 3.63) is 28.1 Å². The fraction of sp³-hybridized carbons (Fsp3) is 0.667. The SMILES string of the molecule is CC1CCN(c2ncnc(NCCC3=CCCCC3)c2[N+](=O)[O-])CC1. The van der Waals surface area contributed by atoms with E-state index in [4.69, 9.17) is 0 Å². The minimum Gasteiger partial charge on any atom is -0.364 e. The number of nitro groups is 1. The highest BCUT2D eigenvalue weighted by Crippen LogP contribution is 2.34. The van der Waals surface area contributed by atoms with E-state index >= 15 is 0 Å². The van der Waals surface area contributed by atoms with Crippen LogP contribution in [0.15, 0.2) is 18.0 Å². The third-order valence-electron chi connectivity index (χ3n) is 5.19. The van der Waals surface area contributed by atoms with Crippen LogP contribution in [0, 0.1) is 16.0 Å². The second-order valence-corrected chi connectivity index (χ2v) is 7.11. The second kappa shape index (κ2) is 8.27. The Morgan fingerprint density at radius 2 is 2.12 bits per heavy atom. The molecular weight excluding hydrogens is 318 g/mol. The van der Waals surface area contributed by atoms with Crippen molar-refractivity contribution in [3.63, 3.8) is 0 Å². The predicted octanol–water partition coefficient (Wildman–Crippen LogP) is 3.92. The van der Waals surface area contributed by atoms with E-state index in [1.54, 1.807) is 0 Å². The summed E-state index contributed by atoms with van der Waals surface area (Å²) in [6.07, 6.45) is 11.5. The molecule has 3 rings (SSSR count). The number of anilines is 2. The van der Waals surface area contributed by atoms with Crippen LogP contribution >= 0.6 is 0 Å². The minimum atomic E-state index is -0.352. The number of piperidine rings is 1. The summed E-state index contributed by atoms with van der Waals surface area (Å²) in [4.78, 5) is 21.7. The Morgan fingerprint density at radius 3 is 2.80 bits per heavy atom. The van der Waals surface area contributed by atoms with Gasteiger partial charge in [0.05, 0.1) is 4.92 Å². The molecule has 7 heteroatoms. The van der Waals surface area contributed by atoms with E-state index in [0.29, 0.717) is 24.1 Å². The van der Waals surface area contributed by atoms with Crippen LogP contribution in [0.5, 0.6) is 0 Å². The highest BCUT2D eigenvalue weighted by Gasteiger charge is 2.28. The standard InChI is InChI=1S/C18H27N5O2/c1-14-8-11-22(12-9-14)18-16(23(24)25)17(20-13-21-18)19-10-7-15-5-3-2-4-6-15/h5,13-14H,2-4,6-12H2,1H3,(H,19,20,21). The van der Waals surface area contributed by atoms with Crippen LogP contribution in [0.2, 0.25) is 0 Å². The normalized spacial score (nSPS) is 18.8. The van der Waals surface area contributed by atoms with Crippen LogP contribution in [0.3, 0.4) is 0 Å². The zero-order chi connectivity index (χ0) is 17.6. The van der Waals surface area contributed by atoms with E-state index < -0.39 is 0 Å². The van der Waals surface area contributed by atoms with Gasteiger partial charge in [0.15, 0.2) is 0 Å². The molecule has 1 aliphatic heterocycles. The Balaban J connectivity index is 1.71. The summed E-state index contributed by atoms with van der Waals surface area (Å²) in [7, 11) is 0. The fourth-order valence-corrected chi connectivity index (χ4v) is 3.59. The Labute approximate surface area is 148 Å². The molecule has 25 heavy (non-hydrogen) atoms. The highest BCUT2D eigenvalue weighted by atomic mass is 16.6. The summed E-state index contributed by atoms with van der Waals surface area (Å²) in [5.74, 6) is 1.45. The van der Waals surface area contributed by atoms with Crippen LogP contribution in [0.1, 0.15) is 51.9 Å². The Bertz CT molecular complexity index is 638. The van der Waals surface area contributed by atoms with Gasteiger partial charge in [-0.15, -0.1) is 0 Å². The van der Waals surface area contributed by atoms with Crippen LogP contribution in [-0.2, 0) is 0 Å². The van der Waals surface area contributed by atoms with Crippen molar-refractivity contribution in [2.45, 2.75) is 51.9 Å². The van der Waals surface area contributed by atoms with E-state index in [2.05, 4.69) is 28.3 Å². The second-order valence-electron chi connectivity index (χ2n) is 7.11. The molecule has 0 bridgehead atoms. The first-order chi connectivity index (χ1) is 12.1. The first-order valence-electron chi connectivity index (χ1n) is 9.31. The molecule has 0 spiro atoms. The topological polar surface area (TPSA) is 84.2 Å². The number of rotatable bonds is 6. The summed E-state index contributed by atoms with van der Waals surface area (Å²) in [6.45, 7) is 4.51. The van der Waals surface area contributed by atoms with Gasteiger partial charge >= 0.3 is 5.69 Å². The van der Waals surface area contributed by atoms with Crippen LogP contribution in [-0.4, -0.2) is 34.5 Å². The molecule has 0 unspecified atom stereocenters. The highest BCUT2D eigenvalue weighted by molar-refractivity contribution is 5.70. The Morgan fingerprint density at radius 1 is 1.32 bits per heavy atom. The molecule has 1 fully saturated rings. The zero-order valence-corrected chi connectivity index (χ0v) is 14.9. The van der Waals surface area contributed by atoms with Gasteiger partial charge in [-0.1, -0.05) is 18.6 Å². The fourth-order valence-electron chi connectivity index (χ4n) is 3.59. The summed E-state index contributed by atoms with van der Waals surface area (Å²) in [5, 5.41) is 14.8. The first-order valence-corrected chi connectivity index (χ1v) is 9.31. The number of hydrogen-bond acceptors (Lipinski definition) is 6. The third kappa shape index (κ3) is 4.46. The summed E-state index contributed by atoms with van der Waals surface area (Å²) < 4.78 is 0. The molecule has 1 saturated heterocycles. The lowest BCUT2D eigenvalue weighted by Crippen LogP contribution is -2.34. The molecule has 0 radical (unpaired) electrons. The largest absolute Gasteiger partial charge is 0.364 e. The lowest BCUT2D eigenvalue weighted by Gasteiger charge is -2.30. The number of hydrogen-bond donors (Lipinski definition) is 1. The molecule has 0 saturated carbocycles. The van der Waals surface area contributed by atoms with Crippen LogP contribution in [0.4, 0.5) is 17.3 Å². The molecule has 0 atom stereocenters. The molecule has 2 aliphatic rings. The first kappa shape index (κ1) is 17.6. The number of allylic oxidation sites excluding steroid dienone is 1. The lowest BCUT2D eigenvalue weighted by molar-refractivity contribution is -0.383. The van der Waals surface area contributed by atoms with Gasteiger partial charge in [0.2, 0.25) is 11.6 Å². The quantitative estimate of drug-likeness (QED) is 0.478. The van der Waals surface area contributed by atoms with Crippen LogP contribution < -0.4 is 10.2 Å². The maximum atomic E-state index is 11.7. The van der Waals surface area contributed by atoms with Gasteiger partial charge in [-0.25, -0.2) is 9.97 Å². The average molecular weight is 345 g/mol. The predicted molar refractivity (Wildman–Crippen MR) is 99.0 cm³/mol. The maximum absolute atomic E-state index is 11.7. The van der Waals surface area contributed by atoms with Gasteiger partial charge in [0, 0.05) is 19.6 Å². The van der Waals surface area contributed by atoms with Gasteiger partial charge in [0.25, 0.3) is 0 Å². The number of nitrogens with zero attached hydrogens (tertiary/aromatic N) is 4. The molecule has 1 aromatic rings. The van der Waals surface area contributed by atoms with E-state index in [0.717, 1.165) is 45.2 Å². The van der Waals surface area contributed by atoms with E-state index in [1.807, 2.05) is 4.90 Å². The monoisotopic (exact) mass is 345 g/mol. The lowest BCUT2D eigenvalue weighted by atomic mass is 9.97. The summed E-state index contributed by atoms with van der Waals surface area (Å²) >= 11 is 0. The molecule has 2 heterocycles. The molecule has 0 aromatic carbocycles. The van der Waals surface area contributed by atoms with Crippen molar-refractivity contribution in [1.82, 2.24) is 9.97 Å². The Hall–Kier alpha value is -2.18. The summed E-state index contributed by atoms with van der Waals surface area (Å²) in [5.41, 5.74) is 1.45. The number of aromatic nitrogens is 2. The van der Waals surface area contributed by atoms with Crippen molar-refractivity contribution >= 4 is 17.3 Å². The van der Waals surface area contributed by atoms with E-state index in [1.165, 1.54) is 24.7 Å². The van der Waals surface area contributed by atoms with Crippen molar-refractivity contribution in [2.24, 2.45) is 5.92 Å². The summed E-state index contributed by atoms with van der Waals surface area (Å²) in [6, 6.07) is 0. The van der Waals surface area contributed by atoms with E-state index in [9.17, 15) is 10.1 Å². The van der Waals surface area contributed by atoms with Gasteiger partial charge in [-0.3, -0.25) is 10.1 Å². The van der Waals surface area contributed by atoms with Crippen molar-refractivity contribution in [2.75, 3.05) is 29.9 Å². The molecule has 136 valence electrons. The third-order valence-corrected chi connectivity index (χ3v) is 5.19.